The van der Waals surface area contributed by atoms with Crippen molar-refractivity contribution in [3.63, 3.8) is 0 Å². The van der Waals surface area contributed by atoms with E-state index in [1.165, 1.54) is 32.5 Å². The van der Waals surface area contributed by atoms with Crippen molar-refractivity contribution in [2.45, 2.75) is 47.7 Å². The Bertz CT molecular complexity index is 1390. The second kappa shape index (κ2) is 13.8. The number of rotatable bonds is 3. The van der Waals surface area contributed by atoms with Gasteiger partial charge in [-0.05, 0) is 24.6 Å². The third-order valence-electron chi connectivity index (χ3n) is 4.13. The summed E-state index contributed by atoms with van der Waals surface area (Å²) < 4.78 is 65.0. The van der Waals surface area contributed by atoms with Crippen LogP contribution in [0.3, 0.4) is 0 Å². The lowest BCUT2D eigenvalue weighted by Gasteiger charge is -2.17. The Kier molecular flexibility index (Phi) is 12.5. The van der Waals surface area contributed by atoms with E-state index in [9.17, 15) is 36.2 Å². The van der Waals surface area contributed by atoms with Gasteiger partial charge in [-0.15, -0.1) is 0 Å². The Balaban J connectivity index is 0.00000119. The van der Waals surface area contributed by atoms with Crippen LogP contribution in [0, 0.1) is 12.7 Å². The third-order valence-corrected chi connectivity index (χ3v) is 4.55. The first-order chi connectivity index (χ1) is 16.6. The molecule has 2 aromatic heterocycles. The van der Waals surface area contributed by atoms with Crippen molar-refractivity contribution < 1.29 is 26.0 Å². The average molecular weight is 538 g/mol. The molecular weight excluding hydrogens is 506 g/mol. The van der Waals surface area contributed by atoms with Crippen LogP contribution in [0.5, 0.6) is 5.75 Å². The van der Waals surface area contributed by atoms with Crippen molar-refractivity contribution in [3.05, 3.63) is 66.8 Å². The number of fused-ring (bicyclic) bond motifs is 1. The van der Waals surface area contributed by atoms with Crippen LogP contribution in [-0.2, 0) is 25.2 Å². The Morgan fingerprint density at radius 2 is 1.44 bits per heavy atom. The Hall–Kier alpha value is -3.22. The second-order valence-electron chi connectivity index (χ2n) is 6.81. The predicted molar refractivity (Wildman–Crippen MR) is 134 cm³/mol. The summed E-state index contributed by atoms with van der Waals surface area (Å²) in [5.41, 5.74) is -1.85. The van der Waals surface area contributed by atoms with Crippen molar-refractivity contribution >= 4 is 22.1 Å². The largest absolute Gasteiger partial charge is 0.400 e. The molecule has 0 spiro atoms. The number of hydrogen-bond acceptors (Lipinski definition) is 5. The molecule has 0 radical (unpaired) electrons. The number of benzene rings is 1. The highest BCUT2D eigenvalue weighted by atomic mass is 32.2. The summed E-state index contributed by atoms with van der Waals surface area (Å²) in [5, 5.41) is -0.158. The zero-order chi connectivity index (χ0) is 28.5. The lowest BCUT2D eigenvalue weighted by atomic mass is 10.2. The number of nitrogens with zero attached hydrogens (tertiary/aromatic N) is 3. The van der Waals surface area contributed by atoms with Gasteiger partial charge >= 0.3 is 11.9 Å². The zero-order valence-electron chi connectivity index (χ0n) is 21.6. The van der Waals surface area contributed by atoms with Crippen LogP contribution in [0.4, 0.5) is 17.6 Å². The maximum absolute atomic E-state index is 14.6. The number of halogens is 4. The van der Waals surface area contributed by atoms with Gasteiger partial charge < -0.3 is 4.18 Å². The van der Waals surface area contributed by atoms with Gasteiger partial charge in [0, 0.05) is 33.3 Å². The van der Waals surface area contributed by atoms with Gasteiger partial charge in [0.05, 0.1) is 5.69 Å². The van der Waals surface area contributed by atoms with E-state index in [2.05, 4.69) is 0 Å². The molecular formula is C23H31F4N3O5S. The standard InChI is InChI=1S/C17H16FN3O5S.C2H3F3.2C2H6/c1-9-5-6-11(10(18)7-9)21-15-14(16(23)20(3)17(21)24)12(26-27(4)25)8-13(22)19(15)2;1-2(3,4)5;2*1-2/h5-8H,1-4H3;1H3;2*1-2H3. The molecule has 0 aliphatic heterocycles. The first kappa shape index (κ1) is 32.8. The highest BCUT2D eigenvalue weighted by molar-refractivity contribution is 7.79. The molecule has 0 saturated carbocycles. The molecule has 0 amide bonds. The lowest BCUT2D eigenvalue weighted by Crippen LogP contribution is -2.40. The van der Waals surface area contributed by atoms with Crippen molar-refractivity contribution in [1.82, 2.24) is 13.7 Å². The average Bonchev–Trinajstić information content (AvgIpc) is 2.77. The summed E-state index contributed by atoms with van der Waals surface area (Å²) in [6.07, 6.45) is -2.77. The molecule has 1 aromatic carbocycles. The first-order valence-electron chi connectivity index (χ1n) is 10.8. The van der Waals surface area contributed by atoms with Gasteiger partial charge in [0.15, 0.2) is 5.75 Å². The van der Waals surface area contributed by atoms with E-state index in [1.54, 1.807) is 13.0 Å². The summed E-state index contributed by atoms with van der Waals surface area (Å²) in [6, 6.07) is 5.22. The minimum atomic E-state index is -4.00. The lowest BCUT2D eigenvalue weighted by molar-refractivity contribution is -0.110. The third kappa shape index (κ3) is 8.18. The van der Waals surface area contributed by atoms with Crippen molar-refractivity contribution in [2.75, 3.05) is 6.26 Å². The number of aryl methyl sites for hydroxylation is 2. The molecule has 1 unspecified atom stereocenters. The fourth-order valence-electron chi connectivity index (χ4n) is 2.82. The molecule has 0 bridgehead atoms. The minimum absolute atomic E-state index is 0.129. The molecule has 8 nitrogen and oxygen atoms in total. The molecule has 0 saturated heterocycles. The van der Waals surface area contributed by atoms with Gasteiger partial charge in [-0.25, -0.2) is 18.0 Å². The summed E-state index contributed by atoms with van der Waals surface area (Å²) in [4.78, 5) is 37.8. The highest BCUT2D eigenvalue weighted by Gasteiger charge is 2.22. The van der Waals surface area contributed by atoms with Gasteiger partial charge in [0.25, 0.3) is 11.1 Å². The molecule has 0 fully saturated rings. The van der Waals surface area contributed by atoms with Crippen LogP contribution < -0.4 is 21.0 Å². The van der Waals surface area contributed by atoms with E-state index >= 15 is 0 Å². The monoisotopic (exact) mass is 537 g/mol. The van der Waals surface area contributed by atoms with Crippen molar-refractivity contribution in [2.24, 2.45) is 14.1 Å². The van der Waals surface area contributed by atoms with Crippen molar-refractivity contribution in [1.29, 1.82) is 0 Å². The molecule has 202 valence electrons. The van der Waals surface area contributed by atoms with Crippen LogP contribution in [0.1, 0.15) is 40.2 Å². The van der Waals surface area contributed by atoms with Gasteiger partial charge in [-0.3, -0.25) is 18.7 Å². The molecule has 1 atom stereocenters. The van der Waals surface area contributed by atoms with E-state index in [0.717, 1.165) is 19.8 Å². The van der Waals surface area contributed by atoms with Crippen LogP contribution in [-0.4, -0.2) is 30.3 Å². The summed E-state index contributed by atoms with van der Waals surface area (Å²) in [6.45, 7) is 9.87. The van der Waals surface area contributed by atoms with E-state index < -0.39 is 39.9 Å². The van der Waals surface area contributed by atoms with Gasteiger partial charge in [0.1, 0.15) is 16.9 Å². The molecule has 3 rings (SSSR count). The molecule has 0 aliphatic rings. The van der Waals surface area contributed by atoms with Gasteiger partial charge in [-0.2, -0.15) is 13.2 Å². The summed E-state index contributed by atoms with van der Waals surface area (Å²) in [5.74, 6) is -0.939. The quantitative estimate of drug-likeness (QED) is 0.469. The Morgan fingerprint density at radius 3 is 1.89 bits per heavy atom. The SMILES string of the molecule is CC.CC.CC(F)(F)F.Cc1ccc(-n2c(=O)n(C)c(=O)c3c(OS(C)=O)cc(=O)n(C)c32)c(F)c1. The number of hydrogen-bond donors (Lipinski definition) is 0. The normalized spacial score (nSPS) is 11.2. The zero-order valence-corrected chi connectivity index (χ0v) is 22.4. The van der Waals surface area contributed by atoms with Gasteiger partial charge in [0.2, 0.25) is 11.1 Å². The van der Waals surface area contributed by atoms with E-state index in [1.807, 2.05) is 27.7 Å². The van der Waals surface area contributed by atoms with Gasteiger partial charge in [-0.1, -0.05) is 33.8 Å². The molecule has 36 heavy (non-hydrogen) atoms. The smallest absolute Gasteiger partial charge is 0.386 e. The number of alkyl halides is 3. The number of aromatic nitrogens is 3. The summed E-state index contributed by atoms with van der Waals surface area (Å²) in [7, 11) is 2.57. The van der Waals surface area contributed by atoms with Crippen LogP contribution in [0.2, 0.25) is 0 Å². The van der Waals surface area contributed by atoms with Crippen LogP contribution in [0.15, 0.2) is 38.6 Å². The molecule has 0 N–H and O–H groups in total. The van der Waals surface area contributed by atoms with E-state index in [-0.39, 0.29) is 29.4 Å². The second-order valence-corrected chi connectivity index (χ2v) is 7.78. The van der Waals surface area contributed by atoms with Crippen molar-refractivity contribution in [3.8, 4) is 11.4 Å². The van der Waals surface area contributed by atoms with Crippen LogP contribution >= 0.6 is 0 Å². The van der Waals surface area contributed by atoms with E-state index in [0.29, 0.717) is 5.56 Å². The molecule has 0 aliphatic carbocycles. The maximum atomic E-state index is 14.6. The minimum Gasteiger partial charge on any atom is -0.400 e. The predicted octanol–water partition coefficient (Wildman–Crippen LogP) is 4.13. The molecule has 13 heteroatoms. The maximum Gasteiger partial charge on any atom is 0.386 e. The first-order valence-corrected chi connectivity index (χ1v) is 12.3. The molecule has 2 heterocycles. The van der Waals surface area contributed by atoms with E-state index in [4.69, 9.17) is 4.18 Å². The highest BCUT2D eigenvalue weighted by Crippen LogP contribution is 2.23. The molecule has 3 aromatic rings. The fraction of sp³-hybridized carbons (Fsp3) is 0.435. The Labute approximate surface area is 208 Å². The Morgan fingerprint density at radius 1 is 0.944 bits per heavy atom. The fourth-order valence-corrected chi connectivity index (χ4v) is 3.21. The topological polar surface area (TPSA) is 92.3 Å². The van der Waals surface area contributed by atoms with Crippen LogP contribution in [0.25, 0.3) is 16.7 Å². The summed E-state index contributed by atoms with van der Waals surface area (Å²) >= 11 is -1.82. The number of pyridine rings is 1.